The summed E-state index contributed by atoms with van der Waals surface area (Å²) in [6.45, 7) is 6.64. The summed E-state index contributed by atoms with van der Waals surface area (Å²) >= 11 is 1.78. The molecule has 2 nitrogen and oxygen atoms in total. The van der Waals surface area contributed by atoms with Crippen molar-refractivity contribution < 1.29 is 0 Å². The molecule has 1 aromatic heterocycles. The maximum absolute atomic E-state index is 6.48. The predicted molar refractivity (Wildman–Crippen MR) is 74.5 cm³/mol. The molecule has 0 aromatic carbocycles. The molecule has 0 radical (unpaired) electrons. The molecule has 1 aliphatic carbocycles. The molecule has 0 saturated heterocycles. The summed E-state index contributed by atoms with van der Waals surface area (Å²) < 4.78 is 0. The molecule has 0 spiro atoms. The highest BCUT2D eigenvalue weighted by Crippen LogP contribution is 2.31. The van der Waals surface area contributed by atoms with Crippen molar-refractivity contribution >= 4 is 11.3 Å². The number of thiazole rings is 1. The highest BCUT2D eigenvalue weighted by atomic mass is 32.1. The summed E-state index contributed by atoms with van der Waals surface area (Å²) in [7, 11) is 0. The molecule has 1 saturated carbocycles. The minimum absolute atomic E-state index is 0.0191. The van der Waals surface area contributed by atoms with Crippen LogP contribution in [-0.2, 0) is 11.8 Å². The second-order valence-corrected chi connectivity index (χ2v) is 7.42. The van der Waals surface area contributed by atoms with Crippen molar-refractivity contribution in [2.75, 3.05) is 0 Å². The van der Waals surface area contributed by atoms with Gasteiger partial charge in [0, 0.05) is 22.8 Å². The van der Waals surface area contributed by atoms with Crippen LogP contribution >= 0.6 is 11.3 Å². The number of hydrogen-bond donors (Lipinski definition) is 1. The fourth-order valence-electron chi connectivity index (χ4n) is 2.47. The van der Waals surface area contributed by atoms with Crippen LogP contribution in [0.3, 0.4) is 0 Å². The Morgan fingerprint density at radius 3 is 2.47 bits per heavy atom. The molecular weight excluding hydrogens is 228 g/mol. The second-order valence-electron chi connectivity index (χ2n) is 6.48. The third-order valence-electron chi connectivity index (χ3n) is 3.67. The van der Waals surface area contributed by atoms with E-state index in [-0.39, 0.29) is 11.0 Å². The van der Waals surface area contributed by atoms with Gasteiger partial charge in [-0.2, -0.15) is 0 Å². The highest BCUT2D eigenvalue weighted by molar-refractivity contribution is 7.09. The van der Waals surface area contributed by atoms with E-state index in [1.807, 2.05) is 0 Å². The van der Waals surface area contributed by atoms with Gasteiger partial charge >= 0.3 is 0 Å². The quantitative estimate of drug-likeness (QED) is 0.872. The summed E-state index contributed by atoms with van der Waals surface area (Å²) in [6.07, 6.45) is 7.22. The normalized spacial score (nSPS) is 20.5. The first kappa shape index (κ1) is 13.0. The summed E-state index contributed by atoms with van der Waals surface area (Å²) in [4.78, 5) is 4.76. The average Bonchev–Trinajstić information content (AvgIpc) is 2.66. The molecule has 17 heavy (non-hydrogen) atoms. The van der Waals surface area contributed by atoms with Gasteiger partial charge < -0.3 is 5.73 Å². The largest absolute Gasteiger partial charge is 0.325 e. The van der Waals surface area contributed by atoms with Crippen molar-refractivity contribution in [1.29, 1.82) is 0 Å². The Hall–Kier alpha value is -0.410. The van der Waals surface area contributed by atoms with Crippen LogP contribution in [-0.4, -0.2) is 10.5 Å². The lowest BCUT2D eigenvalue weighted by Gasteiger charge is -2.32. The lowest BCUT2D eigenvalue weighted by Crippen LogP contribution is -2.43. The van der Waals surface area contributed by atoms with Gasteiger partial charge in [0.05, 0.1) is 10.7 Å². The van der Waals surface area contributed by atoms with Gasteiger partial charge in [-0.3, -0.25) is 0 Å². The standard InChI is InChI=1S/C14H24N2S/c1-13(2,3)11-10-17-12(16-11)9-14(15)7-5-4-6-8-14/h10H,4-9,15H2,1-3H3. The highest BCUT2D eigenvalue weighted by Gasteiger charge is 2.29. The maximum Gasteiger partial charge on any atom is 0.0946 e. The first-order valence-electron chi connectivity index (χ1n) is 6.63. The molecule has 0 atom stereocenters. The number of nitrogens with zero attached hydrogens (tertiary/aromatic N) is 1. The molecular formula is C14H24N2S. The molecule has 1 heterocycles. The van der Waals surface area contributed by atoms with Crippen molar-refractivity contribution in [2.24, 2.45) is 5.73 Å². The summed E-state index contributed by atoms with van der Waals surface area (Å²) in [5.74, 6) is 0. The van der Waals surface area contributed by atoms with Gasteiger partial charge in [0.1, 0.15) is 0 Å². The third kappa shape index (κ3) is 3.29. The second kappa shape index (κ2) is 4.69. The van der Waals surface area contributed by atoms with Crippen LogP contribution < -0.4 is 5.73 Å². The molecule has 0 aliphatic heterocycles. The van der Waals surface area contributed by atoms with Gasteiger partial charge in [0.15, 0.2) is 0 Å². The van der Waals surface area contributed by atoms with Crippen LogP contribution in [0.5, 0.6) is 0 Å². The minimum atomic E-state index is 0.0191. The van der Waals surface area contributed by atoms with Crippen molar-refractivity contribution in [3.63, 3.8) is 0 Å². The Labute approximate surface area is 109 Å². The molecule has 2 rings (SSSR count). The molecule has 1 aromatic rings. The molecule has 0 amide bonds. The van der Waals surface area contributed by atoms with E-state index in [2.05, 4.69) is 26.2 Å². The maximum atomic E-state index is 6.48. The van der Waals surface area contributed by atoms with E-state index in [0.29, 0.717) is 0 Å². The zero-order valence-electron chi connectivity index (χ0n) is 11.3. The van der Waals surface area contributed by atoms with Crippen LogP contribution in [0, 0.1) is 0 Å². The summed E-state index contributed by atoms with van der Waals surface area (Å²) in [5, 5.41) is 3.42. The van der Waals surface area contributed by atoms with Crippen molar-refractivity contribution in [2.45, 2.75) is 70.3 Å². The monoisotopic (exact) mass is 252 g/mol. The van der Waals surface area contributed by atoms with Crippen molar-refractivity contribution in [3.05, 3.63) is 16.1 Å². The Morgan fingerprint density at radius 2 is 1.94 bits per heavy atom. The van der Waals surface area contributed by atoms with Crippen molar-refractivity contribution in [1.82, 2.24) is 4.98 Å². The molecule has 96 valence electrons. The fourth-order valence-corrected chi connectivity index (χ4v) is 3.65. The summed E-state index contributed by atoms with van der Waals surface area (Å²) in [6, 6.07) is 0. The predicted octanol–water partition coefficient (Wildman–Crippen LogP) is 3.64. The number of rotatable bonds is 2. The fraction of sp³-hybridized carbons (Fsp3) is 0.786. The Balaban J connectivity index is 2.06. The zero-order valence-corrected chi connectivity index (χ0v) is 12.1. The smallest absolute Gasteiger partial charge is 0.0946 e. The molecule has 1 aliphatic rings. The van der Waals surface area contributed by atoms with Crippen LogP contribution in [0.25, 0.3) is 0 Å². The van der Waals surface area contributed by atoms with E-state index >= 15 is 0 Å². The topological polar surface area (TPSA) is 38.9 Å². The molecule has 1 fully saturated rings. The molecule has 2 N–H and O–H groups in total. The van der Waals surface area contributed by atoms with Crippen LogP contribution in [0.4, 0.5) is 0 Å². The van der Waals surface area contributed by atoms with E-state index in [1.165, 1.54) is 30.0 Å². The Morgan fingerprint density at radius 1 is 1.29 bits per heavy atom. The van der Waals surface area contributed by atoms with Gasteiger partial charge in [0.2, 0.25) is 0 Å². The van der Waals surface area contributed by atoms with Crippen LogP contribution in [0.15, 0.2) is 5.38 Å². The Kier molecular flexibility index (Phi) is 3.60. The van der Waals surface area contributed by atoms with Gasteiger partial charge in [-0.05, 0) is 12.8 Å². The van der Waals surface area contributed by atoms with Gasteiger partial charge in [-0.1, -0.05) is 40.0 Å². The van der Waals surface area contributed by atoms with E-state index in [4.69, 9.17) is 10.7 Å². The zero-order chi connectivity index (χ0) is 12.5. The number of hydrogen-bond acceptors (Lipinski definition) is 3. The Bertz CT molecular complexity index is 370. The number of aromatic nitrogens is 1. The van der Waals surface area contributed by atoms with E-state index in [0.717, 1.165) is 19.3 Å². The van der Waals surface area contributed by atoms with Gasteiger partial charge in [-0.15, -0.1) is 11.3 Å². The first-order valence-corrected chi connectivity index (χ1v) is 7.51. The molecule has 0 unspecified atom stereocenters. The van der Waals surface area contributed by atoms with Crippen LogP contribution in [0.2, 0.25) is 0 Å². The number of nitrogens with two attached hydrogens (primary N) is 1. The van der Waals surface area contributed by atoms with E-state index in [1.54, 1.807) is 11.3 Å². The van der Waals surface area contributed by atoms with Gasteiger partial charge in [-0.25, -0.2) is 4.98 Å². The lowest BCUT2D eigenvalue weighted by atomic mass is 9.80. The van der Waals surface area contributed by atoms with E-state index < -0.39 is 0 Å². The molecule has 0 bridgehead atoms. The van der Waals surface area contributed by atoms with Crippen molar-refractivity contribution in [3.8, 4) is 0 Å². The lowest BCUT2D eigenvalue weighted by molar-refractivity contribution is 0.293. The first-order chi connectivity index (χ1) is 7.89. The summed E-state index contributed by atoms with van der Waals surface area (Å²) in [5.41, 5.74) is 7.86. The molecule has 3 heteroatoms. The van der Waals surface area contributed by atoms with Gasteiger partial charge in [0.25, 0.3) is 0 Å². The minimum Gasteiger partial charge on any atom is -0.325 e. The SMILES string of the molecule is CC(C)(C)c1csc(CC2(N)CCCCC2)n1. The van der Waals surface area contributed by atoms with Crippen LogP contribution in [0.1, 0.15) is 63.6 Å². The van der Waals surface area contributed by atoms with E-state index in [9.17, 15) is 0 Å². The third-order valence-corrected chi connectivity index (χ3v) is 4.52. The average molecular weight is 252 g/mol.